The number of anilines is 2. The molecule has 4 nitrogen and oxygen atoms in total. The summed E-state index contributed by atoms with van der Waals surface area (Å²) >= 11 is 3.37. The van der Waals surface area contributed by atoms with E-state index in [9.17, 15) is 0 Å². The van der Waals surface area contributed by atoms with Crippen molar-refractivity contribution in [2.24, 2.45) is 0 Å². The number of nitrogen functional groups attached to an aromatic ring is 1. The van der Waals surface area contributed by atoms with Gasteiger partial charge in [-0.25, -0.2) is 4.98 Å². The van der Waals surface area contributed by atoms with Crippen LogP contribution in [0.3, 0.4) is 0 Å². The molecule has 0 radical (unpaired) electrons. The van der Waals surface area contributed by atoms with Crippen LogP contribution < -0.4 is 11.1 Å². The minimum Gasteiger partial charge on any atom is -0.396 e. The van der Waals surface area contributed by atoms with Crippen molar-refractivity contribution in [2.75, 3.05) is 17.7 Å². The SMILES string of the molecule is CCC1(CC)CC(Nc2ncc(Br)cc2N)CCO1. The molecule has 1 atom stereocenters. The number of pyridine rings is 1. The van der Waals surface area contributed by atoms with Gasteiger partial charge in [-0.3, -0.25) is 0 Å². The van der Waals surface area contributed by atoms with Crippen LogP contribution in [0.2, 0.25) is 0 Å². The van der Waals surface area contributed by atoms with Crippen LogP contribution in [0, 0.1) is 0 Å². The Morgan fingerprint density at radius 3 is 2.89 bits per heavy atom. The van der Waals surface area contributed by atoms with Crippen molar-refractivity contribution in [3.05, 3.63) is 16.7 Å². The van der Waals surface area contributed by atoms with E-state index in [0.717, 1.165) is 42.6 Å². The first-order valence-corrected chi connectivity index (χ1v) is 7.69. The fourth-order valence-corrected chi connectivity index (χ4v) is 3.01. The number of hydrogen-bond donors (Lipinski definition) is 2. The van der Waals surface area contributed by atoms with E-state index in [1.807, 2.05) is 6.07 Å². The Balaban J connectivity index is 2.06. The van der Waals surface area contributed by atoms with Crippen molar-refractivity contribution in [3.8, 4) is 0 Å². The standard InChI is InChI=1S/C14H22BrN3O/c1-3-14(4-2)8-11(5-6-19-14)18-13-12(16)7-10(15)9-17-13/h7,9,11H,3-6,8,16H2,1-2H3,(H,17,18). The van der Waals surface area contributed by atoms with Gasteiger partial charge in [0.1, 0.15) is 5.82 Å². The zero-order valence-corrected chi connectivity index (χ0v) is 13.2. The topological polar surface area (TPSA) is 60.2 Å². The molecule has 19 heavy (non-hydrogen) atoms. The molecule has 0 spiro atoms. The number of nitrogens with zero attached hydrogens (tertiary/aromatic N) is 1. The number of nitrogens with one attached hydrogen (secondary N) is 1. The first kappa shape index (κ1) is 14.6. The minimum absolute atomic E-state index is 0.0139. The van der Waals surface area contributed by atoms with Gasteiger partial charge in [0.25, 0.3) is 0 Å². The van der Waals surface area contributed by atoms with E-state index in [-0.39, 0.29) is 5.60 Å². The molecule has 0 amide bonds. The van der Waals surface area contributed by atoms with Crippen LogP contribution in [0.1, 0.15) is 39.5 Å². The predicted octanol–water partition coefficient (Wildman–Crippen LogP) is 3.58. The lowest BCUT2D eigenvalue weighted by Crippen LogP contribution is -2.43. The van der Waals surface area contributed by atoms with E-state index in [4.69, 9.17) is 10.5 Å². The number of nitrogens with two attached hydrogens (primary N) is 1. The fraction of sp³-hybridized carbons (Fsp3) is 0.643. The van der Waals surface area contributed by atoms with Crippen LogP contribution >= 0.6 is 15.9 Å². The molecule has 1 fully saturated rings. The molecule has 0 bridgehead atoms. The van der Waals surface area contributed by atoms with Gasteiger partial charge in [0.05, 0.1) is 11.3 Å². The highest BCUT2D eigenvalue weighted by Crippen LogP contribution is 2.33. The second kappa shape index (κ2) is 6.09. The quantitative estimate of drug-likeness (QED) is 0.887. The Morgan fingerprint density at radius 1 is 1.53 bits per heavy atom. The van der Waals surface area contributed by atoms with Gasteiger partial charge in [0, 0.05) is 23.3 Å². The number of aromatic nitrogens is 1. The van der Waals surface area contributed by atoms with E-state index < -0.39 is 0 Å². The molecule has 3 N–H and O–H groups in total. The smallest absolute Gasteiger partial charge is 0.149 e. The lowest BCUT2D eigenvalue weighted by molar-refractivity contribution is -0.0864. The minimum atomic E-state index is 0.0139. The molecule has 5 heteroatoms. The first-order valence-electron chi connectivity index (χ1n) is 6.90. The van der Waals surface area contributed by atoms with Gasteiger partial charge in [0.15, 0.2) is 0 Å². The molecule has 1 aliphatic heterocycles. The maximum atomic E-state index is 5.98. The molecule has 2 rings (SSSR count). The highest BCUT2D eigenvalue weighted by Gasteiger charge is 2.34. The summed E-state index contributed by atoms with van der Waals surface area (Å²) in [5.41, 5.74) is 6.68. The number of hydrogen-bond acceptors (Lipinski definition) is 4. The summed E-state index contributed by atoms with van der Waals surface area (Å²) in [6.07, 6.45) is 5.87. The van der Waals surface area contributed by atoms with Gasteiger partial charge in [-0.1, -0.05) is 13.8 Å². The molecular formula is C14H22BrN3O. The van der Waals surface area contributed by atoms with Crippen LogP contribution in [-0.4, -0.2) is 23.2 Å². The van der Waals surface area contributed by atoms with Gasteiger partial charge in [-0.05, 0) is 47.7 Å². The van der Waals surface area contributed by atoms with Gasteiger partial charge < -0.3 is 15.8 Å². The molecular weight excluding hydrogens is 306 g/mol. The third-order valence-electron chi connectivity index (χ3n) is 4.01. The Morgan fingerprint density at radius 2 is 2.26 bits per heavy atom. The third kappa shape index (κ3) is 3.39. The van der Waals surface area contributed by atoms with Crippen LogP contribution in [0.15, 0.2) is 16.7 Å². The summed E-state index contributed by atoms with van der Waals surface area (Å²) in [7, 11) is 0. The van der Waals surface area contributed by atoms with Crippen molar-refractivity contribution in [3.63, 3.8) is 0 Å². The maximum Gasteiger partial charge on any atom is 0.149 e. The summed E-state index contributed by atoms with van der Waals surface area (Å²) in [6, 6.07) is 2.26. The average molecular weight is 328 g/mol. The van der Waals surface area contributed by atoms with Gasteiger partial charge in [-0.15, -0.1) is 0 Å². The summed E-state index contributed by atoms with van der Waals surface area (Å²) in [5, 5.41) is 3.46. The summed E-state index contributed by atoms with van der Waals surface area (Å²) in [5.74, 6) is 0.774. The number of rotatable bonds is 4. The van der Waals surface area contributed by atoms with Crippen molar-refractivity contribution < 1.29 is 4.74 Å². The molecule has 106 valence electrons. The molecule has 1 unspecified atom stereocenters. The monoisotopic (exact) mass is 327 g/mol. The zero-order chi connectivity index (χ0) is 13.9. The highest BCUT2D eigenvalue weighted by atomic mass is 79.9. The van der Waals surface area contributed by atoms with Crippen molar-refractivity contribution in [1.29, 1.82) is 0 Å². The molecule has 0 saturated carbocycles. The maximum absolute atomic E-state index is 5.98. The van der Waals surface area contributed by atoms with E-state index in [1.54, 1.807) is 6.20 Å². The highest BCUT2D eigenvalue weighted by molar-refractivity contribution is 9.10. The van der Waals surface area contributed by atoms with E-state index in [2.05, 4.69) is 40.1 Å². The van der Waals surface area contributed by atoms with Crippen LogP contribution in [-0.2, 0) is 4.74 Å². The van der Waals surface area contributed by atoms with E-state index in [1.165, 1.54) is 0 Å². The van der Waals surface area contributed by atoms with Gasteiger partial charge in [-0.2, -0.15) is 0 Å². The Kier molecular flexibility index (Phi) is 4.68. The second-order valence-corrected chi connectivity index (χ2v) is 6.08. The summed E-state index contributed by atoms with van der Waals surface area (Å²) in [6.45, 7) is 5.19. The third-order valence-corrected chi connectivity index (χ3v) is 4.44. The Labute approximate surface area is 123 Å². The number of halogens is 1. The van der Waals surface area contributed by atoms with Crippen molar-refractivity contribution >= 4 is 27.4 Å². The molecule has 1 aliphatic rings. The van der Waals surface area contributed by atoms with E-state index in [0.29, 0.717) is 11.7 Å². The van der Waals surface area contributed by atoms with Gasteiger partial charge in [0.2, 0.25) is 0 Å². The largest absolute Gasteiger partial charge is 0.396 e. The number of ether oxygens (including phenoxy) is 1. The molecule has 1 aromatic rings. The fourth-order valence-electron chi connectivity index (χ4n) is 2.66. The normalized spacial score (nSPS) is 22.2. The lowest BCUT2D eigenvalue weighted by Gasteiger charge is -2.40. The van der Waals surface area contributed by atoms with Gasteiger partial charge >= 0.3 is 0 Å². The Bertz CT molecular complexity index is 435. The van der Waals surface area contributed by atoms with Crippen LogP contribution in [0.4, 0.5) is 11.5 Å². The molecule has 0 aromatic carbocycles. The zero-order valence-electron chi connectivity index (χ0n) is 11.6. The Hall–Kier alpha value is -0.810. The van der Waals surface area contributed by atoms with Crippen LogP contribution in [0.25, 0.3) is 0 Å². The lowest BCUT2D eigenvalue weighted by atomic mass is 9.86. The second-order valence-electron chi connectivity index (χ2n) is 5.16. The van der Waals surface area contributed by atoms with Crippen molar-refractivity contribution in [2.45, 2.75) is 51.2 Å². The molecule has 0 aliphatic carbocycles. The molecule has 1 saturated heterocycles. The van der Waals surface area contributed by atoms with Crippen molar-refractivity contribution in [1.82, 2.24) is 4.98 Å². The summed E-state index contributed by atoms with van der Waals surface area (Å²) in [4.78, 5) is 4.35. The summed E-state index contributed by atoms with van der Waals surface area (Å²) < 4.78 is 6.88. The average Bonchev–Trinajstić information content (AvgIpc) is 2.42. The van der Waals surface area contributed by atoms with E-state index >= 15 is 0 Å². The molecule has 2 heterocycles. The molecule has 1 aromatic heterocycles. The van der Waals surface area contributed by atoms with Crippen LogP contribution in [0.5, 0.6) is 0 Å². The predicted molar refractivity (Wildman–Crippen MR) is 82.3 cm³/mol. The first-order chi connectivity index (χ1) is 9.08.